The van der Waals surface area contributed by atoms with E-state index in [2.05, 4.69) is 10.3 Å². The van der Waals surface area contributed by atoms with E-state index in [0.717, 1.165) is 11.0 Å². The van der Waals surface area contributed by atoms with E-state index in [1.165, 1.54) is 6.92 Å². The molecule has 1 atom stereocenters. The topological polar surface area (TPSA) is 76.4 Å². The third-order valence-electron chi connectivity index (χ3n) is 3.53. The average Bonchev–Trinajstić information content (AvgIpc) is 2.96. The highest BCUT2D eigenvalue weighted by molar-refractivity contribution is 5.88. The number of hydrogen-bond acceptors (Lipinski definition) is 4. The molecular formula is C18H19N3O3. The van der Waals surface area contributed by atoms with Gasteiger partial charge in [0.2, 0.25) is 5.91 Å². The van der Waals surface area contributed by atoms with Gasteiger partial charge in [0.05, 0.1) is 23.9 Å². The van der Waals surface area contributed by atoms with Gasteiger partial charge in [0.25, 0.3) is 0 Å². The van der Waals surface area contributed by atoms with E-state index in [1.807, 2.05) is 28.8 Å². The zero-order chi connectivity index (χ0) is 16.9. The van der Waals surface area contributed by atoms with E-state index in [4.69, 9.17) is 4.74 Å². The summed E-state index contributed by atoms with van der Waals surface area (Å²) in [6.45, 7) is 1.99. The summed E-state index contributed by atoms with van der Waals surface area (Å²) in [6, 6.07) is 14.8. The Morgan fingerprint density at radius 2 is 2.12 bits per heavy atom. The molecule has 6 heteroatoms. The molecule has 1 heterocycles. The standard InChI is InChI=1S/C18H19N3O3/c1-13(22)20-14-5-4-6-16(9-14)24-11-15(23)10-21-12-19-17-7-2-3-8-18(17)21/h2-9,12,15,23H,10-11H2,1H3,(H,20,22)/t15-/m0/s1. The summed E-state index contributed by atoms with van der Waals surface area (Å²) in [6.07, 6.45) is 1.04. The third-order valence-corrected chi connectivity index (χ3v) is 3.53. The van der Waals surface area contributed by atoms with Crippen LogP contribution >= 0.6 is 0 Å². The number of carbonyl (C=O) groups is 1. The lowest BCUT2D eigenvalue weighted by molar-refractivity contribution is -0.114. The summed E-state index contributed by atoms with van der Waals surface area (Å²) in [5, 5.41) is 12.9. The van der Waals surface area contributed by atoms with E-state index < -0.39 is 6.10 Å². The lowest BCUT2D eigenvalue weighted by atomic mass is 10.3. The minimum Gasteiger partial charge on any atom is -0.491 e. The Kier molecular flexibility index (Phi) is 4.77. The van der Waals surface area contributed by atoms with Crippen LogP contribution in [0.2, 0.25) is 0 Å². The Morgan fingerprint density at radius 1 is 1.29 bits per heavy atom. The summed E-state index contributed by atoms with van der Waals surface area (Å²) in [5.41, 5.74) is 2.54. The van der Waals surface area contributed by atoms with Crippen LogP contribution in [0.4, 0.5) is 5.69 Å². The fourth-order valence-corrected chi connectivity index (χ4v) is 2.49. The van der Waals surface area contributed by atoms with Crippen LogP contribution in [0.3, 0.4) is 0 Å². The molecule has 0 saturated heterocycles. The number of rotatable bonds is 6. The van der Waals surface area contributed by atoms with Gasteiger partial charge in [-0.05, 0) is 24.3 Å². The molecule has 0 aliphatic rings. The van der Waals surface area contributed by atoms with Crippen molar-refractivity contribution < 1.29 is 14.6 Å². The van der Waals surface area contributed by atoms with Crippen molar-refractivity contribution in [2.75, 3.05) is 11.9 Å². The molecule has 0 radical (unpaired) electrons. The molecule has 0 aliphatic heterocycles. The van der Waals surface area contributed by atoms with Crippen LogP contribution in [0.5, 0.6) is 5.75 Å². The van der Waals surface area contributed by atoms with Crippen LogP contribution in [-0.2, 0) is 11.3 Å². The summed E-state index contributed by atoms with van der Waals surface area (Å²) >= 11 is 0. The molecule has 1 amide bonds. The Morgan fingerprint density at radius 3 is 2.96 bits per heavy atom. The molecule has 6 nitrogen and oxygen atoms in total. The molecule has 24 heavy (non-hydrogen) atoms. The number of para-hydroxylation sites is 2. The number of nitrogens with one attached hydrogen (secondary N) is 1. The average molecular weight is 325 g/mol. The maximum Gasteiger partial charge on any atom is 0.221 e. The zero-order valence-electron chi connectivity index (χ0n) is 13.3. The van der Waals surface area contributed by atoms with E-state index in [9.17, 15) is 9.90 Å². The van der Waals surface area contributed by atoms with Gasteiger partial charge in [0.1, 0.15) is 18.5 Å². The van der Waals surface area contributed by atoms with Crippen molar-refractivity contribution in [1.29, 1.82) is 0 Å². The fourth-order valence-electron chi connectivity index (χ4n) is 2.49. The molecule has 2 aromatic carbocycles. The molecule has 0 spiro atoms. The van der Waals surface area contributed by atoms with E-state index in [0.29, 0.717) is 18.0 Å². The second-order valence-electron chi connectivity index (χ2n) is 5.56. The first-order valence-corrected chi connectivity index (χ1v) is 7.70. The Labute approximate surface area is 139 Å². The number of aliphatic hydroxyl groups excluding tert-OH is 1. The van der Waals surface area contributed by atoms with E-state index in [1.54, 1.807) is 30.6 Å². The van der Waals surface area contributed by atoms with Crippen LogP contribution in [0.15, 0.2) is 54.9 Å². The predicted molar refractivity (Wildman–Crippen MR) is 92.0 cm³/mol. The molecule has 0 fully saturated rings. The number of anilines is 1. The van der Waals surface area contributed by atoms with Crippen molar-refractivity contribution in [2.45, 2.75) is 19.6 Å². The monoisotopic (exact) mass is 325 g/mol. The first-order chi connectivity index (χ1) is 11.6. The van der Waals surface area contributed by atoms with E-state index in [-0.39, 0.29) is 12.5 Å². The van der Waals surface area contributed by atoms with Gasteiger partial charge in [0.15, 0.2) is 0 Å². The second kappa shape index (κ2) is 7.14. The number of aliphatic hydroxyl groups is 1. The zero-order valence-corrected chi connectivity index (χ0v) is 13.3. The lowest BCUT2D eigenvalue weighted by Gasteiger charge is -2.14. The SMILES string of the molecule is CC(=O)Nc1cccc(OC[C@@H](O)Cn2cnc3ccccc32)c1. The fraction of sp³-hybridized carbons (Fsp3) is 0.222. The summed E-state index contributed by atoms with van der Waals surface area (Å²) in [7, 11) is 0. The number of nitrogens with zero attached hydrogens (tertiary/aromatic N) is 2. The predicted octanol–water partition coefficient (Wildman–Crippen LogP) is 2.43. The molecule has 3 rings (SSSR count). The Hall–Kier alpha value is -2.86. The number of hydrogen-bond donors (Lipinski definition) is 2. The molecule has 1 aromatic heterocycles. The van der Waals surface area contributed by atoms with Gasteiger partial charge in [-0.15, -0.1) is 0 Å². The number of imidazole rings is 1. The van der Waals surface area contributed by atoms with Crippen molar-refractivity contribution in [3.63, 3.8) is 0 Å². The van der Waals surface area contributed by atoms with E-state index >= 15 is 0 Å². The van der Waals surface area contributed by atoms with Crippen LogP contribution in [0.25, 0.3) is 11.0 Å². The minimum absolute atomic E-state index is 0.140. The normalized spacial score (nSPS) is 12.1. The highest BCUT2D eigenvalue weighted by Gasteiger charge is 2.09. The Balaban J connectivity index is 1.59. The highest BCUT2D eigenvalue weighted by atomic mass is 16.5. The number of aromatic nitrogens is 2. The number of carbonyl (C=O) groups excluding carboxylic acids is 1. The van der Waals surface area contributed by atoms with Gasteiger partial charge in [-0.25, -0.2) is 4.98 Å². The van der Waals surface area contributed by atoms with Crippen molar-refractivity contribution >= 4 is 22.6 Å². The molecule has 0 unspecified atom stereocenters. The van der Waals surface area contributed by atoms with Crippen LogP contribution in [-0.4, -0.2) is 33.3 Å². The maximum atomic E-state index is 11.1. The van der Waals surface area contributed by atoms with Gasteiger partial charge >= 0.3 is 0 Å². The van der Waals surface area contributed by atoms with Crippen LogP contribution in [0, 0.1) is 0 Å². The molecule has 0 bridgehead atoms. The largest absolute Gasteiger partial charge is 0.491 e. The molecule has 0 saturated carbocycles. The maximum absolute atomic E-state index is 11.1. The molecule has 0 aliphatic carbocycles. The molecular weight excluding hydrogens is 306 g/mol. The third kappa shape index (κ3) is 3.91. The van der Waals surface area contributed by atoms with Crippen LogP contribution in [0.1, 0.15) is 6.92 Å². The Bertz CT molecular complexity index is 844. The van der Waals surface area contributed by atoms with Crippen molar-refractivity contribution in [2.24, 2.45) is 0 Å². The van der Waals surface area contributed by atoms with Gasteiger partial charge < -0.3 is 19.7 Å². The van der Waals surface area contributed by atoms with Crippen molar-refractivity contribution in [3.05, 3.63) is 54.9 Å². The molecule has 2 N–H and O–H groups in total. The second-order valence-corrected chi connectivity index (χ2v) is 5.56. The van der Waals surface area contributed by atoms with Gasteiger partial charge in [-0.2, -0.15) is 0 Å². The quantitative estimate of drug-likeness (QED) is 0.730. The number of fused-ring (bicyclic) bond motifs is 1. The molecule has 3 aromatic rings. The minimum atomic E-state index is -0.674. The van der Waals surface area contributed by atoms with Crippen LogP contribution < -0.4 is 10.1 Å². The number of amides is 1. The first kappa shape index (κ1) is 16.0. The van der Waals surface area contributed by atoms with Gasteiger partial charge in [-0.1, -0.05) is 18.2 Å². The number of benzene rings is 2. The first-order valence-electron chi connectivity index (χ1n) is 7.70. The summed E-state index contributed by atoms with van der Waals surface area (Å²) in [4.78, 5) is 15.4. The van der Waals surface area contributed by atoms with Crippen molar-refractivity contribution in [1.82, 2.24) is 9.55 Å². The van der Waals surface area contributed by atoms with Crippen molar-refractivity contribution in [3.8, 4) is 5.75 Å². The summed E-state index contributed by atoms with van der Waals surface area (Å²) in [5.74, 6) is 0.454. The highest BCUT2D eigenvalue weighted by Crippen LogP contribution is 2.18. The van der Waals surface area contributed by atoms with Gasteiger partial charge in [0, 0.05) is 18.7 Å². The number of ether oxygens (including phenoxy) is 1. The lowest BCUT2D eigenvalue weighted by Crippen LogP contribution is -2.23. The smallest absolute Gasteiger partial charge is 0.221 e. The molecule has 124 valence electrons. The summed E-state index contributed by atoms with van der Waals surface area (Å²) < 4.78 is 7.52. The van der Waals surface area contributed by atoms with Gasteiger partial charge in [-0.3, -0.25) is 4.79 Å².